The van der Waals surface area contributed by atoms with Crippen molar-refractivity contribution in [1.82, 2.24) is 9.78 Å². The average Bonchev–Trinajstić information content (AvgIpc) is 3.08. The van der Waals surface area contributed by atoms with E-state index < -0.39 is 0 Å². The van der Waals surface area contributed by atoms with E-state index in [9.17, 15) is 0 Å². The zero-order valence-electron chi connectivity index (χ0n) is 10.9. The van der Waals surface area contributed by atoms with Gasteiger partial charge >= 0.3 is 0 Å². The van der Waals surface area contributed by atoms with Crippen LogP contribution < -0.4 is 5.32 Å². The molecule has 3 rings (SSSR count). The van der Waals surface area contributed by atoms with Crippen LogP contribution in [0.4, 0.5) is 5.69 Å². The molecule has 94 valence electrons. The molecule has 3 nitrogen and oxygen atoms in total. The Morgan fingerprint density at radius 3 is 2.71 bits per heavy atom. The van der Waals surface area contributed by atoms with Gasteiger partial charge in [0.2, 0.25) is 0 Å². The summed E-state index contributed by atoms with van der Waals surface area (Å²) in [6, 6.07) is 0.678. The largest absolute Gasteiger partial charge is 0.380 e. The molecule has 1 heterocycles. The topological polar surface area (TPSA) is 29.9 Å². The Morgan fingerprint density at radius 2 is 2.06 bits per heavy atom. The van der Waals surface area contributed by atoms with Gasteiger partial charge in [0, 0.05) is 19.3 Å². The average molecular weight is 233 g/mol. The second-order valence-electron chi connectivity index (χ2n) is 5.91. The fourth-order valence-corrected chi connectivity index (χ4v) is 3.32. The Kier molecular flexibility index (Phi) is 2.85. The summed E-state index contributed by atoms with van der Waals surface area (Å²) in [7, 11) is 1.99. The predicted molar refractivity (Wildman–Crippen MR) is 70.0 cm³/mol. The van der Waals surface area contributed by atoms with Gasteiger partial charge < -0.3 is 5.32 Å². The van der Waals surface area contributed by atoms with Gasteiger partial charge in [0.15, 0.2) is 0 Å². The van der Waals surface area contributed by atoms with Gasteiger partial charge in [-0.25, -0.2) is 0 Å². The molecule has 17 heavy (non-hydrogen) atoms. The van der Waals surface area contributed by atoms with Crippen molar-refractivity contribution in [3.63, 3.8) is 0 Å². The highest BCUT2D eigenvalue weighted by Crippen LogP contribution is 2.44. The summed E-state index contributed by atoms with van der Waals surface area (Å²) in [6.07, 6.45) is 10.7. The van der Waals surface area contributed by atoms with Crippen LogP contribution in [0.1, 0.15) is 44.2 Å². The molecule has 1 N–H and O–H groups in total. The van der Waals surface area contributed by atoms with E-state index in [2.05, 4.69) is 23.5 Å². The SMILES string of the molecule is Cc1nn(C)cc1NC1CCCC(C2CC2)C1. The number of anilines is 1. The van der Waals surface area contributed by atoms with Gasteiger partial charge in [0.05, 0.1) is 11.4 Å². The molecule has 0 saturated heterocycles. The molecular formula is C14H23N3. The summed E-state index contributed by atoms with van der Waals surface area (Å²) in [4.78, 5) is 0. The Balaban J connectivity index is 1.62. The van der Waals surface area contributed by atoms with E-state index in [4.69, 9.17) is 0 Å². The van der Waals surface area contributed by atoms with E-state index in [0.717, 1.165) is 17.5 Å². The summed E-state index contributed by atoms with van der Waals surface area (Å²) in [6.45, 7) is 2.09. The molecule has 0 radical (unpaired) electrons. The molecule has 2 saturated carbocycles. The van der Waals surface area contributed by atoms with Crippen molar-refractivity contribution in [3.05, 3.63) is 11.9 Å². The minimum absolute atomic E-state index is 0.678. The highest BCUT2D eigenvalue weighted by Gasteiger charge is 2.34. The normalized spacial score (nSPS) is 29.3. The van der Waals surface area contributed by atoms with Crippen molar-refractivity contribution < 1.29 is 0 Å². The van der Waals surface area contributed by atoms with Gasteiger partial charge in [0.25, 0.3) is 0 Å². The van der Waals surface area contributed by atoms with Gasteiger partial charge in [0.1, 0.15) is 0 Å². The van der Waals surface area contributed by atoms with Gasteiger partial charge in [-0.05, 0) is 44.4 Å². The molecule has 2 fully saturated rings. The molecule has 1 aromatic rings. The lowest BCUT2D eigenvalue weighted by atomic mass is 9.82. The maximum atomic E-state index is 4.40. The number of aryl methyl sites for hydroxylation is 2. The van der Waals surface area contributed by atoms with Crippen LogP contribution in [0.3, 0.4) is 0 Å². The fourth-order valence-electron chi connectivity index (χ4n) is 3.32. The summed E-state index contributed by atoms with van der Waals surface area (Å²) in [5.74, 6) is 2.06. The predicted octanol–water partition coefficient (Wildman–Crippen LogP) is 3.11. The summed E-state index contributed by atoms with van der Waals surface area (Å²) in [5.41, 5.74) is 2.36. The molecule has 2 aliphatic carbocycles. The van der Waals surface area contributed by atoms with Gasteiger partial charge in [-0.1, -0.05) is 12.8 Å². The standard InChI is InChI=1S/C14H23N3/c1-10-14(9-17(2)16-10)15-13-5-3-4-12(8-13)11-6-7-11/h9,11-13,15H,3-8H2,1-2H3. The second-order valence-corrected chi connectivity index (χ2v) is 5.91. The first-order valence-electron chi connectivity index (χ1n) is 6.99. The summed E-state index contributed by atoms with van der Waals surface area (Å²) in [5, 5.41) is 8.10. The van der Waals surface area contributed by atoms with Crippen molar-refractivity contribution in [2.45, 2.75) is 51.5 Å². The zero-order chi connectivity index (χ0) is 11.8. The number of hydrogen-bond donors (Lipinski definition) is 1. The van der Waals surface area contributed by atoms with E-state index in [0.29, 0.717) is 6.04 Å². The first-order chi connectivity index (χ1) is 8.22. The Hall–Kier alpha value is -0.990. The van der Waals surface area contributed by atoms with Crippen LogP contribution in [0.15, 0.2) is 6.20 Å². The molecule has 0 aromatic carbocycles. The number of aromatic nitrogens is 2. The molecule has 2 aliphatic rings. The third-order valence-corrected chi connectivity index (χ3v) is 4.38. The molecule has 1 aromatic heterocycles. The van der Waals surface area contributed by atoms with Crippen LogP contribution in [-0.2, 0) is 7.05 Å². The van der Waals surface area contributed by atoms with Crippen molar-refractivity contribution in [2.24, 2.45) is 18.9 Å². The van der Waals surface area contributed by atoms with Gasteiger partial charge in [-0.15, -0.1) is 0 Å². The molecular weight excluding hydrogens is 210 g/mol. The lowest BCUT2D eigenvalue weighted by Crippen LogP contribution is -2.28. The first kappa shape index (κ1) is 11.1. The van der Waals surface area contributed by atoms with Crippen molar-refractivity contribution >= 4 is 5.69 Å². The van der Waals surface area contributed by atoms with E-state index >= 15 is 0 Å². The molecule has 0 spiro atoms. The van der Waals surface area contributed by atoms with Crippen LogP contribution in [0.5, 0.6) is 0 Å². The lowest BCUT2D eigenvalue weighted by molar-refractivity contribution is 0.303. The smallest absolute Gasteiger partial charge is 0.0825 e. The van der Waals surface area contributed by atoms with Crippen LogP contribution >= 0.6 is 0 Å². The number of hydrogen-bond acceptors (Lipinski definition) is 2. The zero-order valence-corrected chi connectivity index (χ0v) is 10.9. The Morgan fingerprint density at radius 1 is 1.24 bits per heavy atom. The third-order valence-electron chi connectivity index (χ3n) is 4.38. The summed E-state index contributed by atoms with van der Waals surface area (Å²) >= 11 is 0. The number of rotatable bonds is 3. The Bertz CT molecular complexity index is 392. The monoisotopic (exact) mass is 233 g/mol. The molecule has 0 amide bonds. The molecule has 0 bridgehead atoms. The van der Waals surface area contributed by atoms with Crippen LogP contribution in [0.25, 0.3) is 0 Å². The highest BCUT2D eigenvalue weighted by molar-refractivity contribution is 5.46. The summed E-state index contributed by atoms with van der Waals surface area (Å²) < 4.78 is 1.90. The fraction of sp³-hybridized carbons (Fsp3) is 0.786. The molecule has 2 unspecified atom stereocenters. The Labute approximate surface area is 104 Å². The first-order valence-corrected chi connectivity index (χ1v) is 6.99. The van der Waals surface area contributed by atoms with E-state index in [1.807, 2.05) is 11.7 Å². The van der Waals surface area contributed by atoms with Crippen LogP contribution in [0, 0.1) is 18.8 Å². The van der Waals surface area contributed by atoms with Crippen molar-refractivity contribution in [2.75, 3.05) is 5.32 Å². The van der Waals surface area contributed by atoms with E-state index in [-0.39, 0.29) is 0 Å². The van der Waals surface area contributed by atoms with Crippen molar-refractivity contribution in [3.8, 4) is 0 Å². The van der Waals surface area contributed by atoms with Gasteiger partial charge in [-0.3, -0.25) is 4.68 Å². The highest BCUT2D eigenvalue weighted by atomic mass is 15.3. The number of nitrogens with one attached hydrogen (secondary N) is 1. The second kappa shape index (κ2) is 4.35. The van der Waals surface area contributed by atoms with E-state index in [1.165, 1.54) is 44.2 Å². The maximum Gasteiger partial charge on any atom is 0.0825 e. The molecule has 0 aliphatic heterocycles. The molecule has 2 atom stereocenters. The molecule has 3 heteroatoms. The van der Waals surface area contributed by atoms with Gasteiger partial charge in [-0.2, -0.15) is 5.10 Å². The minimum atomic E-state index is 0.678. The van der Waals surface area contributed by atoms with Crippen LogP contribution in [-0.4, -0.2) is 15.8 Å². The maximum absolute atomic E-state index is 4.40. The third kappa shape index (κ3) is 2.48. The van der Waals surface area contributed by atoms with Crippen LogP contribution in [0.2, 0.25) is 0 Å². The quantitative estimate of drug-likeness (QED) is 0.869. The minimum Gasteiger partial charge on any atom is -0.380 e. The lowest BCUT2D eigenvalue weighted by Gasteiger charge is -2.30. The van der Waals surface area contributed by atoms with E-state index in [1.54, 1.807) is 0 Å². The number of nitrogens with zero attached hydrogens (tertiary/aromatic N) is 2. The van der Waals surface area contributed by atoms with Crippen molar-refractivity contribution in [1.29, 1.82) is 0 Å².